The molecule has 0 saturated carbocycles. The van der Waals surface area contributed by atoms with Crippen molar-refractivity contribution in [2.45, 2.75) is 39.0 Å². The normalized spacial score (nSPS) is 13.2. The highest BCUT2D eigenvalue weighted by Gasteiger charge is 2.52. The summed E-state index contributed by atoms with van der Waals surface area (Å²) in [4.78, 5) is 2.52. The first-order valence-corrected chi connectivity index (χ1v) is 26.7. The second-order valence-corrected chi connectivity index (χ2v) is 21.2. The fraction of sp³-hybridized carbons (Fsp3) is 0.0959. The Morgan fingerprint density at radius 1 is 0.413 bits per heavy atom. The van der Waals surface area contributed by atoms with Crippen LogP contribution in [0.2, 0.25) is 0 Å². The Morgan fingerprint density at radius 2 is 1.00 bits per heavy atom. The summed E-state index contributed by atoms with van der Waals surface area (Å²) in [5.41, 5.74) is 22.9. The molecule has 0 N–H and O–H groups in total. The molecule has 3 aliphatic rings. The molecule has 2 nitrogen and oxygen atoms in total. The minimum absolute atomic E-state index is 0.598. The third-order valence-corrected chi connectivity index (χ3v) is 16.9. The van der Waals surface area contributed by atoms with Gasteiger partial charge in [-0.3, -0.25) is 0 Å². The zero-order valence-corrected chi connectivity index (χ0v) is 42.4. The lowest BCUT2D eigenvalue weighted by molar-refractivity contribution is 0.626. The quantitative estimate of drug-likeness (QED) is 0.171. The number of benzene rings is 12. The van der Waals surface area contributed by atoms with Gasteiger partial charge in [-0.1, -0.05) is 209 Å². The van der Waals surface area contributed by atoms with E-state index in [0.29, 0.717) is 0 Å². The minimum Gasteiger partial charge on any atom is -0.456 e. The molecular formula is C73H53NO. The molecular weight excluding hydrogens is 907 g/mol. The van der Waals surface area contributed by atoms with Crippen LogP contribution in [0.15, 0.2) is 241 Å². The highest BCUT2D eigenvalue weighted by Crippen LogP contribution is 2.65. The molecule has 0 bridgehead atoms. The predicted octanol–water partition coefficient (Wildman–Crippen LogP) is 20.1. The van der Waals surface area contributed by atoms with Gasteiger partial charge in [0.25, 0.3) is 0 Å². The molecule has 0 amide bonds. The lowest BCUT2D eigenvalue weighted by Gasteiger charge is -2.33. The van der Waals surface area contributed by atoms with E-state index in [2.05, 4.69) is 262 Å². The Bertz CT molecular complexity index is 4440. The number of rotatable bonds is 5. The zero-order valence-electron chi connectivity index (χ0n) is 42.4. The van der Waals surface area contributed by atoms with Crippen molar-refractivity contribution in [1.29, 1.82) is 0 Å². The van der Waals surface area contributed by atoms with Gasteiger partial charge < -0.3 is 9.32 Å². The molecule has 75 heavy (non-hydrogen) atoms. The van der Waals surface area contributed by atoms with E-state index in [9.17, 15) is 0 Å². The lowest BCUT2D eigenvalue weighted by Crippen LogP contribution is -2.26. The van der Waals surface area contributed by atoms with E-state index >= 15 is 0 Å². The van der Waals surface area contributed by atoms with E-state index in [1.165, 1.54) is 122 Å². The van der Waals surface area contributed by atoms with Crippen LogP contribution in [-0.2, 0) is 11.8 Å². The maximum absolute atomic E-state index is 6.56. The summed E-state index contributed by atoms with van der Waals surface area (Å²) >= 11 is 0. The first-order valence-electron chi connectivity index (χ1n) is 26.7. The summed E-state index contributed by atoms with van der Waals surface area (Å²) in [7, 11) is 0. The number of anilines is 3. The first-order chi connectivity index (χ1) is 37.0. The topological polar surface area (TPSA) is 16.4 Å². The van der Waals surface area contributed by atoms with Crippen LogP contribution in [0.3, 0.4) is 0 Å². The summed E-state index contributed by atoms with van der Waals surface area (Å²) in [6.45, 7) is 6.64. The molecule has 1 heterocycles. The van der Waals surface area contributed by atoms with E-state index in [-0.39, 0.29) is 0 Å². The van der Waals surface area contributed by atoms with Gasteiger partial charge in [-0.05, 0) is 172 Å². The van der Waals surface area contributed by atoms with Gasteiger partial charge in [0.1, 0.15) is 11.2 Å². The predicted molar refractivity (Wildman–Crippen MR) is 316 cm³/mol. The molecule has 3 aliphatic carbocycles. The van der Waals surface area contributed by atoms with Gasteiger partial charge in [0.05, 0.1) is 11.1 Å². The van der Waals surface area contributed by atoms with Gasteiger partial charge >= 0.3 is 0 Å². The monoisotopic (exact) mass is 959 g/mol. The molecule has 0 aliphatic heterocycles. The highest BCUT2D eigenvalue weighted by atomic mass is 16.3. The van der Waals surface area contributed by atoms with Crippen molar-refractivity contribution in [2.75, 3.05) is 4.90 Å². The summed E-state index contributed by atoms with van der Waals surface area (Å²) in [6.07, 6.45) is 2.23. The molecule has 2 heteroatoms. The van der Waals surface area contributed by atoms with E-state index in [1.807, 2.05) is 0 Å². The Morgan fingerprint density at radius 3 is 1.76 bits per heavy atom. The molecule has 0 radical (unpaired) electrons. The summed E-state index contributed by atoms with van der Waals surface area (Å²) in [5, 5.41) is 9.66. The van der Waals surface area contributed by atoms with Crippen LogP contribution in [0.5, 0.6) is 0 Å². The van der Waals surface area contributed by atoms with Crippen molar-refractivity contribution in [2.24, 2.45) is 5.92 Å². The van der Waals surface area contributed by atoms with Crippen molar-refractivity contribution < 1.29 is 4.42 Å². The lowest BCUT2D eigenvalue weighted by atomic mass is 9.70. The number of fused-ring (bicyclic) bond motifs is 21. The Kier molecular flexibility index (Phi) is 9.75. The molecule has 1 spiro atoms. The number of hydrogen-bond acceptors (Lipinski definition) is 2. The van der Waals surface area contributed by atoms with Gasteiger partial charge in [0, 0.05) is 27.5 Å². The molecule has 0 fully saturated rings. The third-order valence-electron chi connectivity index (χ3n) is 16.9. The van der Waals surface area contributed by atoms with Crippen LogP contribution in [-0.4, -0.2) is 0 Å². The maximum atomic E-state index is 6.56. The number of hydrogen-bond donors (Lipinski definition) is 0. The van der Waals surface area contributed by atoms with Crippen LogP contribution < -0.4 is 4.90 Å². The molecule has 0 unspecified atom stereocenters. The van der Waals surface area contributed by atoms with E-state index in [0.717, 1.165) is 46.0 Å². The van der Waals surface area contributed by atoms with Crippen molar-refractivity contribution in [3.05, 3.63) is 270 Å². The van der Waals surface area contributed by atoms with Crippen LogP contribution in [0, 0.1) is 5.92 Å². The Labute approximate surface area is 437 Å². The summed E-state index contributed by atoms with van der Waals surface area (Å²) in [5.74, 6) is 0.884. The zero-order chi connectivity index (χ0) is 49.9. The fourth-order valence-electron chi connectivity index (χ4n) is 13.2. The van der Waals surface area contributed by atoms with E-state index in [1.54, 1.807) is 0 Å². The molecule has 12 aromatic carbocycles. The number of furan rings is 1. The van der Waals surface area contributed by atoms with Gasteiger partial charge in [0.15, 0.2) is 0 Å². The molecule has 0 atom stereocenters. The third kappa shape index (κ3) is 6.39. The smallest absolute Gasteiger partial charge is 0.136 e. The molecule has 16 rings (SSSR count). The van der Waals surface area contributed by atoms with Crippen molar-refractivity contribution in [3.8, 4) is 44.5 Å². The van der Waals surface area contributed by atoms with Crippen LogP contribution >= 0.6 is 0 Å². The fourth-order valence-corrected chi connectivity index (χ4v) is 13.2. The molecule has 0 saturated heterocycles. The standard InChI is InChI=1S/C68H41NO.C5H12/c1-5-19-50-41(14-1)17-13-27-63(50)69(46-30-32-49-45(37-46)36-43-16-3-4-18-48(43)49)47-31-33-56-61(39-47)68(59-25-11-9-22-53(59)54-23-10-12-26-60(54)68)62-40-57(52-21-7-8-24-55(52)66(56)62)44-29-34-64-58(38-44)67-51-20-6-2-15-42(51)28-35-65(67)70-64;1-4-5(2)3/h1-35,37-40H,36H2;5H,4H2,1-3H3. The summed E-state index contributed by atoms with van der Waals surface area (Å²) < 4.78 is 6.56. The van der Waals surface area contributed by atoms with E-state index < -0.39 is 5.41 Å². The molecule has 356 valence electrons. The average molecular weight is 960 g/mol. The highest BCUT2D eigenvalue weighted by molar-refractivity contribution is 6.20. The second-order valence-electron chi connectivity index (χ2n) is 21.2. The van der Waals surface area contributed by atoms with Gasteiger partial charge in [-0.2, -0.15) is 0 Å². The van der Waals surface area contributed by atoms with Gasteiger partial charge in [0.2, 0.25) is 0 Å². The Balaban J connectivity index is 0.000000949. The first kappa shape index (κ1) is 43.6. The average Bonchev–Trinajstić information content (AvgIpc) is 4.33. The van der Waals surface area contributed by atoms with Crippen molar-refractivity contribution in [3.63, 3.8) is 0 Å². The van der Waals surface area contributed by atoms with Crippen LogP contribution in [0.1, 0.15) is 60.6 Å². The van der Waals surface area contributed by atoms with Crippen LogP contribution in [0.4, 0.5) is 17.1 Å². The Hall–Kier alpha value is -8.98. The van der Waals surface area contributed by atoms with E-state index in [4.69, 9.17) is 4.42 Å². The molecule has 1 aromatic heterocycles. The molecule has 13 aromatic rings. The van der Waals surface area contributed by atoms with Gasteiger partial charge in [-0.25, -0.2) is 0 Å². The van der Waals surface area contributed by atoms with Crippen molar-refractivity contribution in [1.82, 2.24) is 0 Å². The summed E-state index contributed by atoms with van der Waals surface area (Å²) in [6, 6.07) is 88.7. The van der Waals surface area contributed by atoms with Crippen LogP contribution in [0.25, 0.3) is 98.8 Å². The SMILES string of the molecule is CCC(C)C.c1ccc2c(c1)Cc1cc(N(c3ccc4c(c3)C3(c5ccccc5-c5ccccc53)c3cc(-c5ccc6oc7ccc8ccccc8c7c6c5)c5ccccc5c3-4)c3cccc4ccccc34)ccc1-2. The number of nitrogens with zero attached hydrogens (tertiary/aromatic N) is 1. The minimum atomic E-state index is -0.598. The second kappa shape index (κ2) is 16.8. The van der Waals surface area contributed by atoms with Crippen molar-refractivity contribution >= 4 is 71.3 Å². The maximum Gasteiger partial charge on any atom is 0.136 e. The van der Waals surface area contributed by atoms with Gasteiger partial charge in [-0.15, -0.1) is 0 Å². The largest absolute Gasteiger partial charge is 0.456 e.